The summed E-state index contributed by atoms with van der Waals surface area (Å²) in [7, 11) is 4.19. The Bertz CT molecular complexity index is 40.7. The average molecular weight is 121 g/mol. The maximum atomic E-state index is 8.61. The molecule has 2 unspecified atom stereocenters. The molecular formula is C4H12NOP. The van der Waals surface area contributed by atoms with Gasteiger partial charge < -0.3 is 10.4 Å². The molecule has 0 rings (SSSR count). The summed E-state index contributed by atoms with van der Waals surface area (Å²) in [6.45, 7) is 0.880. The first-order chi connectivity index (χ1) is 3.27. The van der Waals surface area contributed by atoms with Gasteiger partial charge in [0.2, 0.25) is 0 Å². The molecule has 7 heavy (non-hydrogen) atoms. The zero-order chi connectivity index (χ0) is 5.70. The maximum Gasteiger partial charge on any atom is 0.0685 e. The number of rotatable bonds is 3. The lowest BCUT2D eigenvalue weighted by Crippen LogP contribution is -2.11. The fraction of sp³-hybridized carbons (Fsp3) is 1.00. The largest absolute Gasteiger partial charge is 0.389 e. The van der Waals surface area contributed by atoms with Crippen LogP contribution in [0.4, 0.5) is 0 Å². The Morgan fingerprint density at radius 3 is 2.57 bits per heavy atom. The van der Waals surface area contributed by atoms with Crippen LogP contribution in [-0.4, -0.2) is 24.5 Å². The van der Waals surface area contributed by atoms with Crippen LogP contribution in [0.1, 0.15) is 6.42 Å². The third-order valence-electron chi connectivity index (χ3n) is 0.690. The van der Waals surface area contributed by atoms with E-state index in [9.17, 15) is 0 Å². The van der Waals surface area contributed by atoms with E-state index in [1.54, 1.807) is 0 Å². The van der Waals surface area contributed by atoms with E-state index in [2.05, 4.69) is 14.6 Å². The first-order valence-electron chi connectivity index (χ1n) is 2.35. The first kappa shape index (κ1) is 7.35. The number of aliphatic hydroxyl groups is 1. The summed E-state index contributed by atoms with van der Waals surface area (Å²) in [4.78, 5) is 0. The van der Waals surface area contributed by atoms with E-state index in [1.807, 2.05) is 7.05 Å². The van der Waals surface area contributed by atoms with Crippen LogP contribution in [0, 0.1) is 0 Å². The van der Waals surface area contributed by atoms with Crippen LogP contribution in [0.2, 0.25) is 0 Å². The Hall–Kier alpha value is 0.350. The zero-order valence-electron chi connectivity index (χ0n) is 4.52. The Balaban J connectivity index is 2.68. The molecule has 0 heterocycles. The highest BCUT2D eigenvalue weighted by Crippen LogP contribution is 1.96. The summed E-state index contributed by atoms with van der Waals surface area (Å²) >= 11 is 0. The van der Waals surface area contributed by atoms with Crippen molar-refractivity contribution in [2.24, 2.45) is 0 Å². The number of nitrogens with one attached hydrogen (secondary N) is 1. The Labute approximate surface area is 46.5 Å². The molecule has 0 aromatic rings. The minimum Gasteiger partial charge on any atom is -0.389 e. The highest BCUT2D eigenvalue weighted by atomic mass is 31.0. The molecule has 0 amide bonds. The highest BCUT2D eigenvalue weighted by Gasteiger charge is 1.89. The second-order valence-electron chi connectivity index (χ2n) is 1.46. The molecular weight excluding hydrogens is 109 g/mol. The smallest absolute Gasteiger partial charge is 0.0685 e. The zero-order valence-corrected chi connectivity index (χ0v) is 5.67. The quantitative estimate of drug-likeness (QED) is 0.506. The molecule has 3 heteroatoms. The SMILES string of the molecule is CNCCC(O)P. The Morgan fingerprint density at radius 2 is 2.43 bits per heavy atom. The van der Waals surface area contributed by atoms with E-state index in [4.69, 9.17) is 5.11 Å². The lowest BCUT2D eigenvalue weighted by atomic mass is 10.4. The second kappa shape index (κ2) is 4.51. The standard InChI is InChI=1S/C4H12NOP/c1-5-3-2-4(6)7/h4-6H,2-3,7H2,1H3. The summed E-state index contributed by atoms with van der Waals surface area (Å²) in [6.07, 6.45) is 0.807. The minimum absolute atomic E-state index is 0.243. The van der Waals surface area contributed by atoms with Crippen molar-refractivity contribution in [3.63, 3.8) is 0 Å². The van der Waals surface area contributed by atoms with Gasteiger partial charge in [-0.25, -0.2) is 0 Å². The van der Waals surface area contributed by atoms with Gasteiger partial charge in [0, 0.05) is 0 Å². The van der Waals surface area contributed by atoms with Crippen molar-refractivity contribution in [3.8, 4) is 0 Å². The molecule has 0 saturated carbocycles. The molecule has 0 saturated heterocycles. The molecule has 0 aliphatic carbocycles. The van der Waals surface area contributed by atoms with Crippen LogP contribution < -0.4 is 5.32 Å². The van der Waals surface area contributed by atoms with Crippen molar-refractivity contribution in [1.82, 2.24) is 5.32 Å². The fourth-order valence-electron chi connectivity index (χ4n) is 0.292. The van der Waals surface area contributed by atoms with Crippen LogP contribution in [0.25, 0.3) is 0 Å². The van der Waals surface area contributed by atoms with Crippen molar-refractivity contribution in [2.75, 3.05) is 13.6 Å². The molecule has 2 nitrogen and oxygen atoms in total. The summed E-state index contributed by atoms with van der Waals surface area (Å²) in [5.74, 6) is -0.243. The van der Waals surface area contributed by atoms with E-state index in [0.717, 1.165) is 13.0 Å². The van der Waals surface area contributed by atoms with Gasteiger partial charge in [-0.1, -0.05) is 0 Å². The van der Waals surface area contributed by atoms with Crippen LogP contribution in [0.3, 0.4) is 0 Å². The lowest BCUT2D eigenvalue weighted by Gasteiger charge is -1.99. The Kier molecular flexibility index (Phi) is 4.73. The van der Waals surface area contributed by atoms with Crippen molar-refractivity contribution >= 4 is 9.24 Å². The predicted octanol–water partition coefficient (Wildman–Crippen LogP) is -0.211. The van der Waals surface area contributed by atoms with Gasteiger partial charge in [-0.2, -0.15) is 0 Å². The summed E-state index contributed by atoms with van der Waals surface area (Å²) in [6, 6.07) is 0. The number of aliphatic hydroxyl groups excluding tert-OH is 1. The number of hydrogen-bond donors (Lipinski definition) is 2. The molecule has 2 N–H and O–H groups in total. The molecule has 0 bridgehead atoms. The van der Waals surface area contributed by atoms with Crippen molar-refractivity contribution in [1.29, 1.82) is 0 Å². The highest BCUT2D eigenvalue weighted by molar-refractivity contribution is 7.17. The van der Waals surface area contributed by atoms with Gasteiger partial charge in [0.1, 0.15) is 0 Å². The fourth-order valence-corrected chi connectivity index (χ4v) is 0.459. The van der Waals surface area contributed by atoms with E-state index in [0.29, 0.717) is 0 Å². The maximum absolute atomic E-state index is 8.61. The van der Waals surface area contributed by atoms with Gasteiger partial charge in [-0.15, -0.1) is 9.24 Å². The van der Waals surface area contributed by atoms with Crippen molar-refractivity contribution in [3.05, 3.63) is 0 Å². The van der Waals surface area contributed by atoms with Gasteiger partial charge in [-0.3, -0.25) is 0 Å². The van der Waals surface area contributed by atoms with E-state index in [-0.39, 0.29) is 5.85 Å². The summed E-state index contributed by atoms with van der Waals surface area (Å²) in [5, 5.41) is 11.5. The van der Waals surface area contributed by atoms with E-state index < -0.39 is 0 Å². The molecule has 44 valence electrons. The van der Waals surface area contributed by atoms with E-state index in [1.165, 1.54) is 0 Å². The van der Waals surface area contributed by atoms with Gasteiger partial charge in [0.05, 0.1) is 5.85 Å². The number of hydrogen-bond acceptors (Lipinski definition) is 2. The van der Waals surface area contributed by atoms with Gasteiger partial charge in [0.15, 0.2) is 0 Å². The Morgan fingerprint density at radius 1 is 1.86 bits per heavy atom. The molecule has 0 spiro atoms. The van der Waals surface area contributed by atoms with Gasteiger partial charge in [-0.05, 0) is 20.0 Å². The van der Waals surface area contributed by atoms with Crippen LogP contribution in [0.15, 0.2) is 0 Å². The third-order valence-corrected chi connectivity index (χ3v) is 1.02. The normalized spacial score (nSPS) is 14.1. The monoisotopic (exact) mass is 121 g/mol. The summed E-state index contributed by atoms with van der Waals surface area (Å²) in [5.41, 5.74) is 0. The van der Waals surface area contributed by atoms with Crippen molar-refractivity contribution in [2.45, 2.75) is 12.3 Å². The van der Waals surface area contributed by atoms with Crippen LogP contribution in [0.5, 0.6) is 0 Å². The molecule has 0 radical (unpaired) electrons. The molecule has 0 aliphatic rings. The molecule has 0 aromatic heterocycles. The second-order valence-corrected chi connectivity index (χ2v) is 2.23. The molecule has 0 aromatic carbocycles. The molecule has 0 aliphatic heterocycles. The van der Waals surface area contributed by atoms with Gasteiger partial charge >= 0.3 is 0 Å². The lowest BCUT2D eigenvalue weighted by molar-refractivity contribution is 0.251. The average Bonchev–Trinajstić information content (AvgIpc) is 1.61. The molecule has 2 atom stereocenters. The van der Waals surface area contributed by atoms with Gasteiger partial charge in [0.25, 0.3) is 0 Å². The minimum atomic E-state index is -0.243. The van der Waals surface area contributed by atoms with E-state index >= 15 is 0 Å². The van der Waals surface area contributed by atoms with Crippen LogP contribution >= 0.6 is 9.24 Å². The third kappa shape index (κ3) is 6.35. The molecule has 0 fully saturated rings. The predicted molar refractivity (Wildman–Crippen MR) is 34.3 cm³/mol. The van der Waals surface area contributed by atoms with Crippen LogP contribution in [-0.2, 0) is 0 Å². The first-order valence-corrected chi connectivity index (χ1v) is 3.02. The summed E-state index contributed by atoms with van der Waals surface area (Å²) < 4.78 is 0. The van der Waals surface area contributed by atoms with Crippen molar-refractivity contribution < 1.29 is 5.11 Å². The topological polar surface area (TPSA) is 32.3 Å².